The number of rotatable bonds is 3. The van der Waals surface area contributed by atoms with Gasteiger partial charge in [-0.15, -0.1) is 0 Å². The molecule has 0 heterocycles. The molecule has 2 aromatic carbocycles. The van der Waals surface area contributed by atoms with E-state index in [2.05, 4.69) is 0 Å². The van der Waals surface area contributed by atoms with Crippen LogP contribution in [-0.2, 0) is 4.79 Å². The van der Waals surface area contributed by atoms with Gasteiger partial charge < -0.3 is 10.2 Å². The molecule has 1 aliphatic carbocycles. The van der Waals surface area contributed by atoms with Gasteiger partial charge in [-0.05, 0) is 42.2 Å². The maximum Gasteiger partial charge on any atom is 0.336 e. The number of carbonyl (C=O) groups is 1. The Kier molecular flexibility index (Phi) is 4.20. The van der Waals surface area contributed by atoms with Crippen molar-refractivity contribution < 1.29 is 23.8 Å². The minimum atomic E-state index is -1.98. The van der Waals surface area contributed by atoms with Crippen molar-refractivity contribution in [2.45, 2.75) is 24.4 Å². The van der Waals surface area contributed by atoms with Crippen molar-refractivity contribution in [2.75, 3.05) is 0 Å². The van der Waals surface area contributed by atoms with Crippen LogP contribution in [0.1, 0.15) is 29.9 Å². The summed E-state index contributed by atoms with van der Waals surface area (Å²) in [4.78, 5) is 11.6. The second-order valence-corrected chi connectivity index (χ2v) is 5.93. The van der Waals surface area contributed by atoms with E-state index in [1.54, 1.807) is 30.3 Å². The molecule has 0 amide bonds. The van der Waals surface area contributed by atoms with Crippen LogP contribution >= 0.6 is 0 Å². The summed E-state index contributed by atoms with van der Waals surface area (Å²) >= 11 is 0. The molecule has 2 N–H and O–H groups in total. The number of carboxylic acids is 1. The molecule has 24 heavy (non-hydrogen) atoms. The molecule has 0 radical (unpaired) electrons. The van der Waals surface area contributed by atoms with Crippen molar-refractivity contribution in [3.63, 3.8) is 0 Å². The van der Waals surface area contributed by atoms with Gasteiger partial charge in [-0.1, -0.05) is 36.4 Å². The summed E-state index contributed by atoms with van der Waals surface area (Å²) in [6.45, 7) is 0. The number of hydrogen-bond donors (Lipinski definition) is 2. The fraction of sp³-hybridized carbons (Fsp3) is 0.211. The van der Waals surface area contributed by atoms with E-state index in [0.717, 1.165) is 18.2 Å². The quantitative estimate of drug-likeness (QED) is 0.901. The predicted molar refractivity (Wildman–Crippen MR) is 85.3 cm³/mol. The molecular formula is C19H16F2O3. The van der Waals surface area contributed by atoms with Crippen LogP contribution in [0.3, 0.4) is 0 Å². The van der Waals surface area contributed by atoms with Gasteiger partial charge in [0.05, 0.1) is 0 Å². The summed E-state index contributed by atoms with van der Waals surface area (Å²) in [6.07, 6.45) is 1.60. The van der Waals surface area contributed by atoms with Crippen molar-refractivity contribution in [3.8, 4) is 0 Å². The Morgan fingerprint density at radius 3 is 2.50 bits per heavy atom. The second kappa shape index (κ2) is 6.17. The average Bonchev–Trinajstić information content (AvgIpc) is 2.58. The Bertz CT molecular complexity index is 802. The zero-order valence-electron chi connectivity index (χ0n) is 12.7. The van der Waals surface area contributed by atoms with Gasteiger partial charge in [0, 0.05) is 11.5 Å². The molecule has 0 saturated heterocycles. The summed E-state index contributed by atoms with van der Waals surface area (Å²) in [6, 6.07) is 11.8. The van der Waals surface area contributed by atoms with Gasteiger partial charge in [-0.3, -0.25) is 0 Å². The number of halogens is 2. The van der Waals surface area contributed by atoms with Crippen LogP contribution in [0, 0.1) is 11.6 Å². The lowest BCUT2D eigenvalue weighted by Crippen LogP contribution is -2.45. The van der Waals surface area contributed by atoms with Crippen LogP contribution in [0.2, 0.25) is 0 Å². The van der Waals surface area contributed by atoms with Crippen LogP contribution in [0.15, 0.2) is 54.6 Å². The topological polar surface area (TPSA) is 57.5 Å². The second-order valence-electron chi connectivity index (χ2n) is 5.93. The molecule has 0 aromatic heterocycles. The highest BCUT2D eigenvalue weighted by Gasteiger charge is 2.46. The lowest BCUT2D eigenvalue weighted by Gasteiger charge is -2.35. The number of hydrogen-bond acceptors (Lipinski definition) is 2. The molecule has 0 fully saturated rings. The molecule has 2 atom stereocenters. The minimum Gasteiger partial charge on any atom is -0.479 e. The number of aliphatic carboxylic acids is 1. The fourth-order valence-electron chi connectivity index (χ4n) is 3.14. The van der Waals surface area contributed by atoms with Gasteiger partial charge >= 0.3 is 5.97 Å². The van der Waals surface area contributed by atoms with Gasteiger partial charge in [0.15, 0.2) is 5.60 Å². The van der Waals surface area contributed by atoms with E-state index in [4.69, 9.17) is 0 Å². The van der Waals surface area contributed by atoms with Crippen molar-refractivity contribution in [3.05, 3.63) is 77.4 Å². The van der Waals surface area contributed by atoms with Gasteiger partial charge in [-0.2, -0.15) is 0 Å². The molecule has 0 aliphatic heterocycles. The molecule has 0 spiro atoms. The molecular weight excluding hydrogens is 314 g/mol. The maximum absolute atomic E-state index is 14.0. The van der Waals surface area contributed by atoms with Gasteiger partial charge in [0.2, 0.25) is 0 Å². The first-order chi connectivity index (χ1) is 11.4. The number of aliphatic hydroxyl groups is 1. The summed E-state index contributed by atoms with van der Waals surface area (Å²) in [5.74, 6) is -3.31. The Morgan fingerprint density at radius 1 is 1.12 bits per heavy atom. The van der Waals surface area contributed by atoms with Crippen molar-refractivity contribution >= 4 is 11.5 Å². The molecule has 0 saturated carbocycles. The van der Waals surface area contributed by atoms with Crippen LogP contribution < -0.4 is 0 Å². The molecule has 5 heteroatoms. The monoisotopic (exact) mass is 330 g/mol. The van der Waals surface area contributed by atoms with E-state index in [9.17, 15) is 23.8 Å². The molecule has 3 rings (SSSR count). The smallest absolute Gasteiger partial charge is 0.336 e. The SMILES string of the molecule is O=C(O)C1(O)CCC(c2cc(F)ccc2F)=C[C@H]1c1ccccc1. The molecule has 3 nitrogen and oxygen atoms in total. The molecule has 1 aliphatic rings. The van der Waals surface area contributed by atoms with Crippen molar-refractivity contribution in [2.24, 2.45) is 0 Å². The highest BCUT2D eigenvalue weighted by molar-refractivity contribution is 5.82. The van der Waals surface area contributed by atoms with Gasteiger partial charge in [0.25, 0.3) is 0 Å². The standard InChI is InChI=1S/C19H16F2O3/c20-14-6-7-17(21)15(11-14)13-8-9-19(24,18(22)23)16(10-13)12-4-2-1-3-5-12/h1-7,10-11,16,24H,8-9H2,(H,22,23)/t16-,19?/m0/s1. The lowest BCUT2D eigenvalue weighted by molar-refractivity contribution is -0.160. The Hall–Kier alpha value is -2.53. The highest BCUT2D eigenvalue weighted by Crippen LogP contribution is 2.43. The Labute approximate surface area is 137 Å². The van der Waals surface area contributed by atoms with Crippen molar-refractivity contribution in [1.29, 1.82) is 0 Å². The highest BCUT2D eigenvalue weighted by atomic mass is 19.1. The summed E-state index contributed by atoms with van der Waals surface area (Å²) in [5.41, 5.74) is -0.777. The number of carboxylic acid groups (broad SMARTS) is 1. The fourth-order valence-corrected chi connectivity index (χ4v) is 3.14. The molecule has 1 unspecified atom stereocenters. The third kappa shape index (κ3) is 2.83. The molecule has 2 aromatic rings. The van der Waals surface area contributed by atoms with E-state index >= 15 is 0 Å². The summed E-state index contributed by atoms with van der Waals surface area (Å²) < 4.78 is 27.5. The van der Waals surface area contributed by atoms with Gasteiger partial charge in [-0.25, -0.2) is 13.6 Å². The zero-order chi connectivity index (χ0) is 17.3. The maximum atomic E-state index is 14.0. The lowest BCUT2D eigenvalue weighted by atomic mass is 9.72. The van der Waals surface area contributed by atoms with Crippen LogP contribution in [-0.4, -0.2) is 21.8 Å². The molecule has 0 bridgehead atoms. The minimum absolute atomic E-state index is 0.0797. The van der Waals surface area contributed by atoms with Crippen LogP contribution in [0.25, 0.3) is 5.57 Å². The molecule has 124 valence electrons. The van der Waals surface area contributed by atoms with E-state index in [1.807, 2.05) is 0 Å². The van der Waals surface area contributed by atoms with E-state index in [1.165, 1.54) is 6.08 Å². The van der Waals surface area contributed by atoms with Crippen LogP contribution in [0.5, 0.6) is 0 Å². The number of allylic oxidation sites excluding steroid dienone is 1. The van der Waals surface area contributed by atoms with E-state index < -0.39 is 29.1 Å². The Morgan fingerprint density at radius 2 is 1.83 bits per heavy atom. The van der Waals surface area contributed by atoms with E-state index in [0.29, 0.717) is 11.1 Å². The average molecular weight is 330 g/mol. The number of benzene rings is 2. The normalized spacial score (nSPS) is 23.6. The zero-order valence-corrected chi connectivity index (χ0v) is 12.7. The first-order valence-corrected chi connectivity index (χ1v) is 7.58. The third-order valence-corrected chi connectivity index (χ3v) is 4.46. The summed E-state index contributed by atoms with van der Waals surface area (Å²) in [7, 11) is 0. The Balaban J connectivity index is 2.12. The first kappa shape index (κ1) is 16.3. The van der Waals surface area contributed by atoms with E-state index in [-0.39, 0.29) is 18.4 Å². The predicted octanol–water partition coefficient (Wildman–Crippen LogP) is 3.74. The van der Waals surface area contributed by atoms with Crippen molar-refractivity contribution in [1.82, 2.24) is 0 Å². The first-order valence-electron chi connectivity index (χ1n) is 7.58. The van der Waals surface area contributed by atoms with Gasteiger partial charge in [0.1, 0.15) is 11.6 Å². The summed E-state index contributed by atoms with van der Waals surface area (Å²) in [5, 5.41) is 20.1. The largest absolute Gasteiger partial charge is 0.479 e. The third-order valence-electron chi connectivity index (χ3n) is 4.46. The van der Waals surface area contributed by atoms with Crippen LogP contribution in [0.4, 0.5) is 8.78 Å².